The summed E-state index contributed by atoms with van der Waals surface area (Å²) in [5.74, 6) is 0.0986. The number of nitriles is 1. The molecule has 2 aliphatic carbocycles. The summed E-state index contributed by atoms with van der Waals surface area (Å²) in [7, 11) is 1.48. The summed E-state index contributed by atoms with van der Waals surface area (Å²) in [6, 6.07) is 2.24. The van der Waals surface area contributed by atoms with Crippen molar-refractivity contribution in [2.24, 2.45) is 38.9 Å². The van der Waals surface area contributed by atoms with Crippen LogP contribution in [0, 0.1) is 50.2 Å². The van der Waals surface area contributed by atoms with Gasteiger partial charge in [-0.05, 0) is 92.4 Å². The molecule has 214 valence electrons. The van der Waals surface area contributed by atoms with Crippen molar-refractivity contribution in [1.29, 1.82) is 5.26 Å². The number of ketones is 1. The predicted molar refractivity (Wildman–Crippen MR) is 153 cm³/mol. The highest BCUT2D eigenvalue weighted by atomic mass is 16.5. The topological polar surface area (TPSA) is 87.4 Å². The van der Waals surface area contributed by atoms with Crippen LogP contribution in [0.2, 0.25) is 0 Å². The van der Waals surface area contributed by atoms with E-state index in [4.69, 9.17) is 4.74 Å². The van der Waals surface area contributed by atoms with Crippen LogP contribution in [0.25, 0.3) is 0 Å². The van der Waals surface area contributed by atoms with Crippen LogP contribution in [0.3, 0.4) is 0 Å². The first kappa shape index (κ1) is 32.1. The number of methoxy groups -OCH3 is 1. The molecule has 1 fully saturated rings. The molecule has 0 aromatic rings. The lowest BCUT2D eigenvalue weighted by Gasteiger charge is -2.60. The number of rotatable bonds is 10. The minimum atomic E-state index is -0.581. The van der Waals surface area contributed by atoms with Crippen molar-refractivity contribution < 1.29 is 19.4 Å². The molecule has 0 saturated heterocycles. The molecule has 0 heterocycles. The number of aliphatic hydroxyl groups excluding tert-OH is 1. The molecule has 38 heavy (non-hydrogen) atoms. The molecule has 0 aromatic carbocycles. The predicted octanol–water partition coefficient (Wildman–Crippen LogP) is 8.50. The number of carbonyl (C=O) groups is 2. The van der Waals surface area contributed by atoms with Crippen LogP contribution < -0.4 is 0 Å². The number of allylic oxidation sites excluding steroid dienone is 4. The number of carbonyl (C=O) groups excluding carboxylic acids is 2. The number of hydrogen-bond donors (Lipinski definition) is 1. The van der Waals surface area contributed by atoms with Gasteiger partial charge in [-0.3, -0.25) is 9.59 Å². The van der Waals surface area contributed by atoms with E-state index in [9.17, 15) is 20.0 Å². The van der Waals surface area contributed by atoms with Gasteiger partial charge in [0.05, 0.1) is 24.2 Å². The van der Waals surface area contributed by atoms with Crippen molar-refractivity contribution in [2.75, 3.05) is 7.11 Å². The van der Waals surface area contributed by atoms with Crippen LogP contribution in [0.1, 0.15) is 121 Å². The van der Waals surface area contributed by atoms with Gasteiger partial charge in [-0.2, -0.15) is 5.26 Å². The lowest BCUT2D eigenvalue weighted by atomic mass is 9.43. The summed E-state index contributed by atoms with van der Waals surface area (Å²) in [6.07, 6.45) is 8.35. The zero-order valence-electron chi connectivity index (χ0n) is 26.0. The normalized spacial score (nSPS) is 30.8. The fourth-order valence-corrected chi connectivity index (χ4v) is 7.24. The zero-order chi connectivity index (χ0) is 29.3. The van der Waals surface area contributed by atoms with Crippen molar-refractivity contribution in [3.63, 3.8) is 0 Å². The fourth-order valence-electron chi connectivity index (χ4n) is 7.24. The van der Waals surface area contributed by atoms with Crippen molar-refractivity contribution in [3.8, 4) is 6.07 Å². The minimum absolute atomic E-state index is 0.00929. The number of fused-ring (bicyclic) bond motifs is 1. The lowest BCUT2D eigenvalue weighted by Crippen LogP contribution is -2.52. The second-order valence-electron chi connectivity index (χ2n) is 14.5. The van der Waals surface area contributed by atoms with Crippen molar-refractivity contribution >= 4 is 11.8 Å². The van der Waals surface area contributed by atoms with E-state index in [0.29, 0.717) is 18.4 Å². The largest absolute Gasteiger partial charge is 0.511 e. The maximum Gasteiger partial charge on any atom is 0.311 e. The molecule has 5 atom stereocenters. The van der Waals surface area contributed by atoms with Gasteiger partial charge in [0.2, 0.25) is 0 Å². The van der Waals surface area contributed by atoms with E-state index < -0.39 is 10.8 Å². The Morgan fingerprint density at radius 2 is 1.71 bits per heavy atom. The highest BCUT2D eigenvalue weighted by Crippen LogP contribution is 2.66. The third kappa shape index (κ3) is 5.90. The average Bonchev–Trinajstić information content (AvgIpc) is 2.85. The van der Waals surface area contributed by atoms with Gasteiger partial charge >= 0.3 is 5.97 Å². The smallest absolute Gasteiger partial charge is 0.311 e. The second kappa shape index (κ2) is 11.2. The highest BCUT2D eigenvalue weighted by molar-refractivity contribution is 5.88. The van der Waals surface area contributed by atoms with Crippen LogP contribution in [0.15, 0.2) is 23.0 Å². The fraction of sp³-hybridized carbons (Fsp3) is 0.788. The van der Waals surface area contributed by atoms with Gasteiger partial charge in [-0.25, -0.2) is 0 Å². The van der Waals surface area contributed by atoms with E-state index in [0.717, 1.165) is 44.1 Å². The first-order chi connectivity index (χ1) is 17.3. The molecule has 2 rings (SSSR count). The van der Waals surface area contributed by atoms with Crippen molar-refractivity contribution in [2.45, 2.75) is 121 Å². The summed E-state index contributed by atoms with van der Waals surface area (Å²) in [5.41, 5.74) is 0.179. The third-order valence-corrected chi connectivity index (χ3v) is 11.1. The molecule has 1 saturated carbocycles. The van der Waals surface area contributed by atoms with Gasteiger partial charge in [-0.15, -0.1) is 0 Å². The van der Waals surface area contributed by atoms with Crippen LogP contribution in [-0.2, 0) is 14.3 Å². The van der Waals surface area contributed by atoms with Crippen molar-refractivity contribution in [3.05, 3.63) is 23.0 Å². The molecular weight excluding hydrogens is 474 g/mol. The molecule has 5 nitrogen and oxygen atoms in total. The highest BCUT2D eigenvalue weighted by Gasteiger charge is 2.58. The van der Waals surface area contributed by atoms with Gasteiger partial charge in [0, 0.05) is 5.92 Å². The molecule has 0 radical (unpaired) electrons. The monoisotopic (exact) mass is 527 g/mol. The lowest BCUT2D eigenvalue weighted by molar-refractivity contribution is -0.153. The van der Waals surface area contributed by atoms with E-state index in [1.54, 1.807) is 6.92 Å². The summed E-state index contributed by atoms with van der Waals surface area (Å²) >= 11 is 0. The van der Waals surface area contributed by atoms with Gasteiger partial charge in [-0.1, -0.05) is 67.4 Å². The maximum atomic E-state index is 13.1. The van der Waals surface area contributed by atoms with E-state index >= 15 is 0 Å². The summed E-state index contributed by atoms with van der Waals surface area (Å²) in [5, 5.41) is 20.6. The maximum absolute atomic E-state index is 13.1. The Kier molecular flexibility index (Phi) is 9.45. The number of esters is 1. The van der Waals surface area contributed by atoms with Crippen LogP contribution >= 0.6 is 0 Å². The number of ether oxygens (including phenoxy) is 1. The molecule has 0 spiro atoms. The van der Waals surface area contributed by atoms with Crippen molar-refractivity contribution in [1.82, 2.24) is 0 Å². The molecule has 5 heteroatoms. The van der Waals surface area contributed by atoms with Gasteiger partial charge in [0.25, 0.3) is 0 Å². The first-order valence-corrected chi connectivity index (χ1v) is 14.5. The van der Waals surface area contributed by atoms with E-state index in [1.807, 2.05) is 19.9 Å². The molecular formula is C33H53NO4. The molecule has 2 aliphatic rings. The standard InChI is InChI=1S/C33H53NO4/c1-12-29(4,5)15-17-31(8,28(37)38-11)18-16-30(6,7)33(10)14-13-25-23(3)27(36)24(21-34)20-32(25,9)26(33)19-22(2)35/h19,23,25,36H,12-18,20H2,1-11H3/b26-19-/t23-,25-,31-,32-,33+/m0/s1. The summed E-state index contributed by atoms with van der Waals surface area (Å²) in [4.78, 5) is 25.7. The average molecular weight is 528 g/mol. The van der Waals surface area contributed by atoms with E-state index in [1.165, 1.54) is 7.11 Å². The number of hydrogen-bond acceptors (Lipinski definition) is 5. The Morgan fingerprint density at radius 3 is 2.21 bits per heavy atom. The Labute approximate surface area is 232 Å². The Balaban J connectivity index is 2.49. The summed E-state index contributed by atoms with van der Waals surface area (Å²) < 4.78 is 5.30. The first-order valence-electron chi connectivity index (χ1n) is 14.5. The van der Waals surface area contributed by atoms with Crippen LogP contribution in [0.4, 0.5) is 0 Å². The quantitative estimate of drug-likeness (QED) is 0.227. The molecule has 0 unspecified atom stereocenters. The zero-order valence-corrected chi connectivity index (χ0v) is 26.0. The summed E-state index contributed by atoms with van der Waals surface area (Å²) in [6.45, 7) is 21.3. The minimum Gasteiger partial charge on any atom is -0.511 e. The Morgan fingerprint density at radius 1 is 1.13 bits per heavy atom. The van der Waals surface area contributed by atoms with E-state index in [-0.39, 0.29) is 45.6 Å². The second-order valence-corrected chi connectivity index (χ2v) is 14.5. The Hall–Kier alpha value is -2.09. The van der Waals surface area contributed by atoms with Crippen LogP contribution in [0.5, 0.6) is 0 Å². The Bertz CT molecular complexity index is 1030. The molecule has 0 amide bonds. The number of aliphatic hydroxyl groups is 1. The van der Waals surface area contributed by atoms with E-state index in [2.05, 4.69) is 54.5 Å². The van der Waals surface area contributed by atoms with Crippen LogP contribution in [-0.4, -0.2) is 24.0 Å². The molecule has 0 bridgehead atoms. The van der Waals surface area contributed by atoms with Gasteiger partial charge in [0.1, 0.15) is 5.76 Å². The number of nitrogens with zero attached hydrogens (tertiary/aromatic N) is 1. The SMILES string of the molecule is CCC(C)(C)CC[C@@](C)(CCC(C)(C)[C@]1(C)CC[C@H]2[C@H](C)C(O)=C(C#N)C[C@]2(C)/C1=C/C(C)=O)C(=O)OC. The van der Waals surface area contributed by atoms with Gasteiger partial charge in [0.15, 0.2) is 5.78 Å². The molecule has 0 aromatic heterocycles. The molecule has 1 N–H and O–H groups in total. The molecule has 0 aliphatic heterocycles. The third-order valence-electron chi connectivity index (χ3n) is 11.1. The van der Waals surface area contributed by atoms with Gasteiger partial charge < -0.3 is 9.84 Å².